The largest absolute Gasteiger partial charge is 0.325 e. The maximum atomic E-state index is 12.7. The predicted octanol–water partition coefficient (Wildman–Crippen LogP) is 2.62. The zero-order valence-corrected chi connectivity index (χ0v) is 18.9. The molecule has 156 valence electrons. The topological polar surface area (TPSA) is 147 Å². The normalized spacial score (nSPS) is 12.6. The molecule has 26 heavy (non-hydrogen) atoms. The minimum atomic E-state index is -3.81. The first-order chi connectivity index (χ1) is 11.7. The Morgan fingerprint density at radius 1 is 1.00 bits per heavy atom. The number of rotatable bonds is 1. The summed E-state index contributed by atoms with van der Waals surface area (Å²) in [5.74, 6) is 0.714. The van der Waals surface area contributed by atoms with Crippen molar-refractivity contribution in [2.24, 2.45) is 0 Å². The molecule has 6 N–H and O–H groups in total. The average molecular weight is 454 g/mol. The van der Waals surface area contributed by atoms with Crippen LogP contribution in [0.4, 0.5) is 4.39 Å². The van der Waals surface area contributed by atoms with E-state index in [9.17, 15) is 4.39 Å². The summed E-state index contributed by atoms with van der Waals surface area (Å²) in [6, 6.07) is 1.35. The number of hydrogen-bond acceptors (Lipinski definition) is 4. The Bertz CT molecular complexity index is 525. The van der Waals surface area contributed by atoms with Gasteiger partial charge in [0.1, 0.15) is 5.82 Å². The van der Waals surface area contributed by atoms with E-state index in [1.54, 1.807) is 6.92 Å². The number of hydrogen-bond donors (Lipinski definition) is 6. The summed E-state index contributed by atoms with van der Waals surface area (Å²) in [6.07, 6.45) is 3.48. The predicted molar refractivity (Wildman–Crippen MR) is 108 cm³/mol. The first-order valence-corrected chi connectivity index (χ1v) is 13.1. The third-order valence-electron chi connectivity index (χ3n) is 1.78. The standard InChI is InChI=1S/C8H9FN2.C3H8.C2H6.2H3O3PS/c1-5-4-7(9)11-8(10-5)6-2-3-6;1-3-2;1-2;2*1-4(2,3)5/h4,6H,2-3H2,1H3;3H2,1-2H3;1-2H3;2*(H3,1,2,3,5). The van der Waals surface area contributed by atoms with Gasteiger partial charge in [0.2, 0.25) is 5.95 Å². The number of aromatic nitrogens is 2. The highest BCUT2D eigenvalue weighted by Crippen LogP contribution is 2.37. The zero-order valence-electron chi connectivity index (χ0n) is 15.4. The van der Waals surface area contributed by atoms with Gasteiger partial charge in [-0.15, -0.1) is 0 Å². The van der Waals surface area contributed by atoms with Gasteiger partial charge in [-0.2, -0.15) is 4.39 Å². The van der Waals surface area contributed by atoms with Crippen LogP contribution in [0.1, 0.15) is 64.4 Å². The fourth-order valence-corrected chi connectivity index (χ4v) is 1.08. The Labute approximate surface area is 164 Å². The Balaban J connectivity index is -0.000000301. The first kappa shape index (κ1) is 30.8. The van der Waals surface area contributed by atoms with Crippen molar-refractivity contribution in [3.63, 3.8) is 0 Å². The fraction of sp³-hybridized carbons (Fsp3) is 0.692. The van der Waals surface area contributed by atoms with Crippen molar-refractivity contribution in [1.82, 2.24) is 9.97 Å². The summed E-state index contributed by atoms with van der Waals surface area (Å²) in [5.41, 5.74) is 0.722. The first-order valence-electron chi connectivity index (χ1n) is 7.75. The molecular weight excluding hydrogens is 425 g/mol. The molecular formula is C13H29FN2O6P2S2. The molecule has 0 unspecified atom stereocenters. The van der Waals surface area contributed by atoms with Gasteiger partial charge in [0.05, 0.1) is 0 Å². The van der Waals surface area contributed by atoms with Crippen LogP contribution in [0.3, 0.4) is 0 Å². The van der Waals surface area contributed by atoms with Crippen LogP contribution in [-0.2, 0) is 23.6 Å². The van der Waals surface area contributed by atoms with Crippen LogP contribution in [0.25, 0.3) is 0 Å². The van der Waals surface area contributed by atoms with Gasteiger partial charge in [-0.25, -0.2) is 9.97 Å². The molecule has 0 spiro atoms. The molecule has 0 atom stereocenters. The highest BCUT2D eigenvalue weighted by molar-refractivity contribution is 8.06. The molecule has 0 saturated heterocycles. The van der Waals surface area contributed by atoms with Gasteiger partial charge >= 0.3 is 13.4 Å². The van der Waals surface area contributed by atoms with E-state index in [4.69, 9.17) is 29.4 Å². The van der Waals surface area contributed by atoms with Gasteiger partial charge in [0, 0.05) is 17.7 Å². The molecule has 1 aliphatic carbocycles. The lowest BCUT2D eigenvalue weighted by Gasteiger charge is -1.97. The minimum absolute atomic E-state index is 0.403. The molecule has 1 aliphatic rings. The van der Waals surface area contributed by atoms with Crippen LogP contribution in [0.15, 0.2) is 6.07 Å². The van der Waals surface area contributed by atoms with E-state index >= 15 is 0 Å². The summed E-state index contributed by atoms with van der Waals surface area (Å²) >= 11 is 7.21. The van der Waals surface area contributed by atoms with E-state index in [0.717, 1.165) is 18.5 Å². The van der Waals surface area contributed by atoms with Gasteiger partial charge in [0.15, 0.2) is 0 Å². The summed E-state index contributed by atoms with van der Waals surface area (Å²) in [7, 11) is 0. The molecule has 2 rings (SSSR count). The minimum Gasteiger partial charge on any atom is -0.325 e. The van der Waals surface area contributed by atoms with Gasteiger partial charge in [-0.05, 0) is 43.4 Å². The lowest BCUT2D eigenvalue weighted by atomic mass is 10.3. The Kier molecular flexibility index (Phi) is 19.0. The van der Waals surface area contributed by atoms with Crippen LogP contribution < -0.4 is 0 Å². The highest BCUT2D eigenvalue weighted by atomic mass is 32.5. The Hall–Kier alpha value is 0.0700. The van der Waals surface area contributed by atoms with Gasteiger partial charge in [-0.3, -0.25) is 0 Å². The third-order valence-corrected chi connectivity index (χ3v) is 1.78. The molecule has 0 aliphatic heterocycles. The zero-order chi connectivity index (χ0) is 21.6. The van der Waals surface area contributed by atoms with Crippen LogP contribution in [0.2, 0.25) is 0 Å². The number of halogens is 1. The summed E-state index contributed by atoms with van der Waals surface area (Å²) in [5, 5.41) is 0. The van der Waals surface area contributed by atoms with Gasteiger partial charge < -0.3 is 29.4 Å². The van der Waals surface area contributed by atoms with Crippen molar-refractivity contribution in [3.05, 3.63) is 23.5 Å². The van der Waals surface area contributed by atoms with Crippen molar-refractivity contribution in [1.29, 1.82) is 0 Å². The Morgan fingerprint density at radius 2 is 1.31 bits per heavy atom. The van der Waals surface area contributed by atoms with Crippen molar-refractivity contribution >= 4 is 37.1 Å². The molecule has 0 bridgehead atoms. The SMILES string of the molecule is CC.CCC.Cc1cc(F)nc(C2CC2)n1.OP(O)(O)=S.OP(O)(O)=S. The summed E-state index contributed by atoms with van der Waals surface area (Å²) in [6.45, 7) is 2.43. The molecule has 0 radical (unpaired) electrons. The number of nitrogens with zero attached hydrogens (tertiary/aromatic N) is 2. The molecule has 0 aromatic carbocycles. The van der Waals surface area contributed by atoms with E-state index < -0.39 is 19.4 Å². The van der Waals surface area contributed by atoms with Crippen molar-refractivity contribution in [2.75, 3.05) is 0 Å². The van der Waals surface area contributed by atoms with E-state index in [1.165, 1.54) is 12.5 Å². The van der Waals surface area contributed by atoms with Gasteiger partial charge in [0.25, 0.3) is 0 Å². The van der Waals surface area contributed by atoms with E-state index in [1.807, 2.05) is 13.8 Å². The lowest BCUT2D eigenvalue weighted by Crippen LogP contribution is -1.97. The third kappa shape index (κ3) is 35.2. The Morgan fingerprint density at radius 3 is 1.54 bits per heavy atom. The number of aryl methyl sites for hydroxylation is 1. The van der Waals surface area contributed by atoms with Crippen molar-refractivity contribution in [3.8, 4) is 0 Å². The lowest BCUT2D eigenvalue weighted by molar-refractivity contribution is 0.361. The molecule has 1 heterocycles. The average Bonchev–Trinajstić information content (AvgIpc) is 3.21. The van der Waals surface area contributed by atoms with Crippen LogP contribution in [-0.4, -0.2) is 39.3 Å². The summed E-state index contributed by atoms with van der Waals surface area (Å²) < 4.78 is 12.7. The molecule has 1 aromatic rings. The second-order valence-corrected chi connectivity index (χ2v) is 9.69. The maximum absolute atomic E-state index is 12.7. The quantitative estimate of drug-likeness (QED) is 0.276. The smallest absolute Gasteiger partial charge is 0.319 e. The molecule has 1 fully saturated rings. The van der Waals surface area contributed by atoms with E-state index in [-0.39, 0.29) is 0 Å². The maximum Gasteiger partial charge on any atom is 0.319 e. The van der Waals surface area contributed by atoms with Gasteiger partial charge in [-0.1, -0.05) is 34.1 Å². The van der Waals surface area contributed by atoms with Crippen LogP contribution >= 0.6 is 13.4 Å². The highest BCUT2D eigenvalue weighted by Gasteiger charge is 2.26. The van der Waals surface area contributed by atoms with E-state index in [0.29, 0.717) is 11.7 Å². The van der Waals surface area contributed by atoms with E-state index in [2.05, 4.69) is 47.4 Å². The second kappa shape index (κ2) is 16.1. The molecule has 1 saturated carbocycles. The monoisotopic (exact) mass is 454 g/mol. The molecule has 13 heteroatoms. The molecule has 0 amide bonds. The molecule has 1 aromatic heterocycles. The van der Waals surface area contributed by atoms with Crippen LogP contribution in [0, 0.1) is 12.9 Å². The second-order valence-electron chi connectivity index (χ2n) is 4.70. The van der Waals surface area contributed by atoms with Crippen molar-refractivity contribution < 1.29 is 33.8 Å². The van der Waals surface area contributed by atoms with Crippen molar-refractivity contribution in [2.45, 2.75) is 59.8 Å². The van der Waals surface area contributed by atoms with Crippen LogP contribution in [0.5, 0.6) is 0 Å². The summed E-state index contributed by atoms with van der Waals surface area (Å²) in [4.78, 5) is 53.2. The molecule has 8 nitrogen and oxygen atoms in total. The fourth-order valence-electron chi connectivity index (χ4n) is 1.08.